The summed E-state index contributed by atoms with van der Waals surface area (Å²) < 4.78 is 14.0. The van der Waals surface area contributed by atoms with E-state index in [-0.39, 0.29) is 11.9 Å². The molecule has 106 valence electrons. The van der Waals surface area contributed by atoms with E-state index < -0.39 is 0 Å². The Bertz CT molecular complexity index is 435. The second kappa shape index (κ2) is 6.36. The van der Waals surface area contributed by atoms with Crippen molar-refractivity contribution in [1.29, 1.82) is 0 Å². The van der Waals surface area contributed by atoms with Gasteiger partial charge in [0, 0.05) is 16.6 Å². The van der Waals surface area contributed by atoms with Crippen molar-refractivity contribution in [2.24, 2.45) is 11.8 Å². The summed E-state index contributed by atoms with van der Waals surface area (Å²) in [6.07, 6.45) is 3.89. The Kier molecular flexibility index (Phi) is 5.02. The fourth-order valence-electron chi connectivity index (χ4n) is 3.08. The van der Waals surface area contributed by atoms with Crippen molar-refractivity contribution in [1.82, 2.24) is 5.32 Å². The molecule has 0 aliphatic heterocycles. The Morgan fingerprint density at radius 1 is 1.32 bits per heavy atom. The molecule has 1 aliphatic carbocycles. The molecule has 1 aromatic rings. The highest BCUT2D eigenvalue weighted by Crippen LogP contribution is 2.32. The number of hydrogen-bond acceptors (Lipinski definition) is 1. The molecule has 3 heteroatoms. The highest BCUT2D eigenvalue weighted by molar-refractivity contribution is 9.10. The summed E-state index contributed by atoms with van der Waals surface area (Å²) in [6, 6.07) is 5.75. The molecular formula is C16H23BrFN. The topological polar surface area (TPSA) is 12.0 Å². The molecule has 4 unspecified atom stereocenters. The molecule has 1 saturated carbocycles. The molecule has 0 heterocycles. The van der Waals surface area contributed by atoms with Crippen LogP contribution in [-0.2, 0) is 0 Å². The zero-order valence-electron chi connectivity index (χ0n) is 11.9. The predicted molar refractivity (Wildman–Crippen MR) is 81.6 cm³/mol. The molecule has 19 heavy (non-hydrogen) atoms. The van der Waals surface area contributed by atoms with Crippen molar-refractivity contribution in [3.8, 4) is 0 Å². The second-order valence-corrected chi connectivity index (χ2v) is 6.78. The molecule has 1 aromatic carbocycles. The summed E-state index contributed by atoms with van der Waals surface area (Å²) in [6.45, 7) is 6.84. The summed E-state index contributed by atoms with van der Waals surface area (Å²) in [7, 11) is 0. The average Bonchev–Trinajstić information content (AvgIpc) is 2.34. The molecule has 4 atom stereocenters. The van der Waals surface area contributed by atoms with Crippen LogP contribution in [-0.4, -0.2) is 6.04 Å². The quantitative estimate of drug-likeness (QED) is 0.817. The van der Waals surface area contributed by atoms with Gasteiger partial charge in [0.05, 0.1) is 0 Å². The first-order valence-electron chi connectivity index (χ1n) is 7.20. The number of halogens is 2. The van der Waals surface area contributed by atoms with Gasteiger partial charge in [0.2, 0.25) is 0 Å². The lowest BCUT2D eigenvalue weighted by molar-refractivity contribution is 0.196. The van der Waals surface area contributed by atoms with E-state index in [0.717, 1.165) is 16.0 Å². The standard InChI is InChI=1S/C16H23BrFN/c1-10-5-4-6-16(11(10)2)19-12(3)14-8-7-13(18)9-15(14)17/h7-12,16,19H,4-6H2,1-3H3. The molecule has 0 bridgehead atoms. The summed E-state index contributed by atoms with van der Waals surface area (Å²) >= 11 is 3.46. The van der Waals surface area contributed by atoms with Crippen molar-refractivity contribution < 1.29 is 4.39 Å². The Morgan fingerprint density at radius 2 is 2.05 bits per heavy atom. The molecule has 0 amide bonds. The molecule has 0 aromatic heterocycles. The Hall–Kier alpha value is -0.410. The van der Waals surface area contributed by atoms with E-state index in [9.17, 15) is 4.39 Å². The van der Waals surface area contributed by atoms with Gasteiger partial charge >= 0.3 is 0 Å². The highest BCUT2D eigenvalue weighted by Gasteiger charge is 2.28. The van der Waals surface area contributed by atoms with Crippen LogP contribution in [0.4, 0.5) is 4.39 Å². The summed E-state index contributed by atoms with van der Waals surface area (Å²) in [5.41, 5.74) is 1.13. The summed E-state index contributed by atoms with van der Waals surface area (Å²) in [5, 5.41) is 3.72. The van der Waals surface area contributed by atoms with Crippen LogP contribution in [0.25, 0.3) is 0 Å². The van der Waals surface area contributed by atoms with Gasteiger partial charge in [0.1, 0.15) is 5.82 Å². The summed E-state index contributed by atoms with van der Waals surface area (Å²) in [5.74, 6) is 1.30. The third-order valence-electron chi connectivity index (χ3n) is 4.60. The normalized spacial score (nSPS) is 29.2. The minimum atomic E-state index is -0.192. The van der Waals surface area contributed by atoms with Crippen LogP contribution in [0.2, 0.25) is 0 Å². The van der Waals surface area contributed by atoms with Gasteiger partial charge in [0.25, 0.3) is 0 Å². The predicted octanol–water partition coefficient (Wildman–Crippen LogP) is 5.06. The van der Waals surface area contributed by atoms with Gasteiger partial charge in [-0.3, -0.25) is 0 Å². The SMILES string of the molecule is CC(NC1CCCC(C)C1C)c1ccc(F)cc1Br. The first-order valence-corrected chi connectivity index (χ1v) is 7.99. The van der Waals surface area contributed by atoms with Crippen molar-refractivity contribution in [3.05, 3.63) is 34.1 Å². The lowest BCUT2D eigenvalue weighted by Crippen LogP contribution is -2.41. The fraction of sp³-hybridized carbons (Fsp3) is 0.625. The van der Waals surface area contributed by atoms with E-state index in [1.807, 2.05) is 6.07 Å². The van der Waals surface area contributed by atoms with Crippen molar-refractivity contribution in [2.45, 2.75) is 52.1 Å². The molecule has 1 fully saturated rings. The van der Waals surface area contributed by atoms with Gasteiger partial charge in [-0.2, -0.15) is 0 Å². The van der Waals surface area contributed by atoms with E-state index in [0.29, 0.717) is 12.0 Å². The minimum absolute atomic E-state index is 0.192. The molecule has 1 aliphatic rings. The van der Waals surface area contributed by atoms with E-state index in [2.05, 4.69) is 42.0 Å². The smallest absolute Gasteiger partial charge is 0.124 e. The van der Waals surface area contributed by atoms with E-state index >= 15 is 0 Å². The van der Waals surface area contributed by atoms with Crippen LogP contribution in [0, 0.1) is 17.7 Å². The van der Waals surface area contributed by atoms with Crippen molar-refractivity contribution in [2.75, 3.05) is 0 Å². The van der Waals surface area contributed by atoms with Crippen LogP contribution < -0.4 is 5.32 Å². The van der Waals surface area contributed by atoms with Gasteiger partial charge in [-0.15, -0.1) is 0 Å². The highest BCUT2D eigenvalue weighted by atomic mass is 79.9. The number of nitrogens with one attached hydrogen (secondary N) is 1. The van der Waals surface area contributed by atoms with E-state index in [1.165, 1.54) is 25.3 Å². The molecule has 1 nitrogen and oxygen atoms in total. The Labute approximate surface area is 124 Å². The largest absolute Gasteiger partial charge is 0.307 e. The van der Waals surface area contributed by atoms with Crippen LogP contribution in [0.1, 0.15) is 51.6 Å². The van der Waals surface area contributed by atoms with Crippen LogP contribution >= 0.6 is 15.9 Å². The maximum Gasteiger partial charge on any atom is 0.124 e. The lowest BCUT2D eigenvalue weighted by Gasteiger charge is -2.36. The third kappa shape index (κ3) is 3.57. The molecule has 0 spiro atoms. The maximum absolute atomic E-state index is 13.1. The van der Waals surface area contributed by atoms with Gasteiger partial charge in [-0.25, -0.2) is 4.39 Å². The van der Waals surface area contributed by atoms with Gasteiger partial charge in [-0.1, -0.05) is 48.7 Å². The van der Waals surface area contributed by atoms with Crippen LogP contribution in [0.3, 0.4) is 0 Å². The molecule has 0 radical (unpaired) electrons. The fourth-order valence-corrected chi connectivity index (χ4v) is 3.78. The van der Waals surface area contributed by atoms with Crippen LogP contribution in [0.5, 0.6) is 0 Å². The Morgan fingerprint density at radius 3 is 2.74 bits per heavy atom. The van der Waals surface area contributed by atoms with Gasteiger partial charge in [0.15, 0.2) is 0 Å². The summed E-state index contributed by atoms with van der Waals surface area (Å²) in [4.78, 5) is 0. The first-order chi connectivity index (χ1) is 8.99. The molecule has 1 N–H and O–H groups in total. The van der Waals surface area contributed by atoms with E-state index in [4.69, 9.17) is 0 Å². The molecule has 2 rings (SSSR count). The zero-order valence-corrected chi connectivity index (χ0v) is 13.5. The molecular weight excluding hydrogens is 305 g/mol. The van der Waals surface area contributed by atoms with Crippen molar-refractivity contribution >= 4 is 15.9 Å². The molecule has 0 saturated heterocycles. The zero-order chi connectivity index (χ0) is 14.0. The number of hydrogen-bond donors (Lipinski definition) is 1. The average molecular weight is 328 g/mol. The minimum Gasteiger partial charge on any atom is -0.307 e. The van der Waals surface area contributed by atoms with Gasteiger partial charge < -0.3 is 5.32 Å². The number of benzene rings is 1. The van der Waals surface area contributed by atoms with Crippen LogP contribution in [0.15, 0.2) is 22.7 Å². The first kappa shape index (κ1) is 15.0. The lowest BCUT2D eigenvalue weighted by atomic mass is 9.77. The van der Waals surface area contributed by atoms with E-state index in [1.54, 1.807) is 6.07 Å². The third-order valence-corrected chi connectivity index (χ3v) is 5.29. The number of rotatable bonds is 3. The second-order valence-electron chi connectivity index (χ2n) is 5.93. The monoisotopic (exact) mass is 327 g/mol. The maximum atomic E-state index is 13.1. The van der Waals surface area contributed by atoms with Crippen molar-refractivity contribution in [3.63, 3.8) is 0 Å². The Balaban J connectivity index is 2.05. The van der Waals surface area contributed by atoms with Gasteiger partial charge in [-0.05, 0) is 42.9 Å².